The number of fused-ring (bicyclic) bond motifs is 5. The number of aliphatic hydroxyl groups excluding tert-OH is 1. The van der Waals surface area contributed by atoms with Gasteiger partial charge in [0.2, 0.25) is 0 Å². The number of carbonyl (C=O) groups excluding carboxylic acids is 1. The molecule has 0 aliphatic heterocycles. The Hall–Kier alpha value is -0.830. The van der Waals surface area contributed by atoms with Crippen molar-refractivity contribution in [3.63, 3.8) is 0 Å². The van der Waals surface area contributed by atoms with Crippen LogP contribution in [0.1, 0.15) is 79.1 Å². The minimum absolute atomic E-state index is 0.0912. The molecule has 0 saturated heterocycles. The summed E-state index contributed by atoms with van der Waals surface area (Å²) in [6.07, 6.45) is 12.3. The van der Waals surface area contributed by atoms with E-state index in [4.69, 9.17) is 4.74 Å². The number of hydrogen-bond acceptors (Lipinski definition) is 3. The molecule has 0 radical (unpaired) electrons. The maximum Gasteiger partial charge on any atom is 0.302 e. The minimum Gasteiger partial charge on any atom is -0.462 e. The Morgan fingerprint density at radius 2 is 2.00 bits per heavy atom. The molecule has 8 atom stereocenters. The molecule has 3 fully saturated rings. The van der Waals surface area contributed by atoms with Crippen molar-refractivity contribution >= 4 is 5.97 Å². The average Bonchev–Trinajstić information content (AvgIpc) is 2.98. The highest BCUT2D eigenvalue weighted by molar-refractivity contribution is 5.66. The van der Waals surface area contributed by atoms with Gasteiger partial charge in [0, 0.05) is 20.0 Å². The molecule has 4 rings (SSSR count). The van der Waals surface area contributed by atoms with Gasteiger partial charge in [-0.25, -0.2) is 0 Å². The van der Waals surface area contributed by atoms with E-state index in [0.29, 0.717) is 29.3 Å². The first-order valence-corrected chi connectivity index (χ1v) is 11.3. The number of aliphatic hydroxyl groups is 1. The molecule has 3 heteroatoms. The predicted molar refractivity (Wildman–Crippen MR) is 107 cm³/mol. The number of carbonyl (C=O) groups is 1. The highest BCUT2D eigenvalue weighted by Crippen LogP contribution is 2.67. The van der Waals surface area contributed by atoms with Crippen LogP contribution in [0.2, 0.25) is 0 Å². The van der Waals surface area contributed by atoms with Crippen molar-refractivity contribution in [2.75, 3.05) is 6.61 Å². The highest BCUT2D eigenvalue weighted by Gasteiger charge is 2.59. The normalized spacial score (nSPS) is 47.3. The zero-order chi connectivity index (χ0) is 19.4. The van der Waals surface area contributed by atoms with E-state index in [1.807, 2.05) is 0 Å². The van der Waals surface area contributed by atoms with Gasteiger partial charge in [0.25, 0.3) is 0 Å². The fourth-order valence-corrected chi connectivity index (χ4v) is 8.07. The van der Waals surface area contributed by atoms with Gasteiger partial charge in [0.1, 0.15) is 6.10 Å². The van der Waals surface area contributed by atoms with Crippen LogP contribution in [0.15, 0.2) is 11.6 Å². The maximum atomic E-state index is 11.4. The van der Waals surface area contributed by atoms with Gasteiger partial charge in [-0.05, 0) is 85.4 Å². The quantitative estimate of drug-likeness (QED) is 0.550. The standard InChI is InChI=1S/C24H38O3/c1-15(14-25)20-7-8-21-19-6-5-17-13-18(27-16(2)26)9-11-23(17,3)22(19)10-12-24(20,21)4/h5,15,18-22,25H,6-14H2,1-4H3/t15?,18-,19-,20+,21-,22-,23-,24+/m0/s1. The topological polar surface area (TPSA) is 46.5 Å². The number of esters is 1. The van der Waals surface area contributed by atoms with E-state index in [2.05, 4.69) is 26.8 Å². The second-order valence-electron chi connectivity index (χ2n) is 10.6. The van der Waals surface area contributed by atoms with Crippen LogP contribution in [0.3, 0.4) is 0 Å². The van der Waals surface area contributed by atoms with Crippen molar-refractivity contribution in [2.45, 2.75) is 85.2 Å². The Morgan fingerprint density at radius 1 is 1.22 bits per heavy atom. The van der Waals surface area contributed by atoms with Crippen LogP contribution < -0.4 is 0 Å². The van der Waals surface area contributed by atoms with E-state index in [9.17, 15) is 9.90 Å². The Bertz CT molecular complexity index is 625. The Kier molecular flexibility index (Phi) is 4.98. The number of rotatable bonds is 3. The third-order valence-corrected chi connectivity index (χ3v) is 9.44. The van der Waals surface area contributed by atoms with E-state index in [0.717, 1.165) is 37.0 Å². The van der Waals surface area contributed by atoms with Crippen LogP contribution in [0.4, 0.5) is 0 Å². The van der Waals surface area contributed by atoms with Crippen LogP contribution in [-0.4, -0.2) is 23.8 Å². The van der Waals surface area contributed by atoms with Gasteiger partial charge in [0.15, 0.2) is 0 Å². The first-order valence-electron chi connectivity index (χ1n) is 11.3. The molecule has 4 aliphatic carbocycles. The lowest BCUT2D eigenvalue weighted by atomic mass is 9.47. The van der Waals surface area contributed by atoms with Crippen molar-refractivity contribution in [3.05, 3.63) is 11.6 Å². The van der Waals surface area contributed by atoms with Gasteiger partial charge in [-0.3, -0.25) is 4.79 Å². The molecule has 0 aromatic carbocycles. The summed E-state index contributed by atoms with van der Waals surface area (Å²) in [5.74, 6) is 3.39. The molecule has 152 valence electrons. The summed E-state index contributed by atoms with van der Waals surface area (Å²) >= 11 is 0. The third-order valence-electron chi connectivity index (χ3n) is 9.44. The lowest BCUT2D eigenvalue weighted by Crippen LogP contribution is -2.51. The number of hydrogen-bond donors (Lipinski definition) is 1. The third kappa shape index (κ3) is 2.99. The van der Waals surface area contributed by atoms with E-state index < -0.39 is 0 Å². The molecule has 0 heterocycles. The molecule has 0 spiro atoms. The monoisotopic (exact) mass is 374 g/mol. The minimum atomic E-state index is -0.138. The Morgan fingerprint density at radius 3 is 2.70 bits per heavy atom. The van der Waals surface area contributed by atoms with Crippen molar-refractivity contribution in [2.24, 2.45) is 40.4 Å². The van der Waals surface area contributed by atoms with Crippen molar-refractivity contribution in [3.8, 4) is 0 Å². The van der Waals surface area contributed by atoms with Gasteiger partial charge < -0.3 is 9.84 Å². The molecule has 1 N–H and O–H groups in total. The van der Waals surface area contributed by atoms with Gasteiger partial charge in [-0.15, -0.1) is 0 Å². The summed E-state index contributed by atoms with van der Waals surface area (Å²) in [6.45, 7) is 9.16. The zero-order valence-corrected chi connectivity index (χ0v) is 17.7. The molecule has 0 aromatic heterocycles. The molecule has 0 amide bonds. The van der Waals surface area contributed by atoms with Crippen LogP contribution in [-0.2, 0) is 9.53 Å². The maximum absolute atomic E-state index is 11.4. The van der Waals surface area contributed by atoms with Gasteiger partial charge in [-0.2, -0.15) is 0 Å². The molecule has 0 bridgehead atoms. The van der Waals surface area contributed by atoms with E-state index >= 15 is 0 Å². The SMILES string of the molecule is CC(=O)O[C@H]1CC[C@@]2(C)C(=CC[C@H]3[C@@H]4CC[C@H](C(C)CO)[C@@]4(C)CC[C@@H]32)C1. The van der Waals surface area contributed by atoms with E-state index in [1.54, 1.807) is 5.57 Å². The second kappa shape index (κ2) is 6.90. The largest absolute Gasteiger partial charge is 0.462 e. The lowest BCUT2D eigenvalue weighted by molar-refractivity contribution is -0.148. The molecule has 1 unspecified atom stereocenters. The first kappa shape index (κ1) is 19.5. The molecule has 3 saturated carbocycles. The molecule has 4 aliphatic rings. The fourth-order valence-electron chi connectivity index (χ4n) is 8.07. The molecular weight excluding hydrogens is 336 g/mol. The highest BCUT2D eigenvalue weighted by atomic mass is 16.5. The number of ether oxygens (including phenoxy) is 1. The van der Waals surface area contributed by atoms with E-state index in [1.165, 1.54) is 39.0 Å². The molecule has 27 heavy (non-hydrogen) atoms. The smallest absolute Gasteiger partial charge is 0.302 e. The summed E-state index contributed by atoms with van der Waals surface area (Å²) in [5, 5.41) is 9.77. The van der Waals surface area contributed by atoms with Crippen molar-refractivity contribution in [1.82, 2.24) is 0 Å². The van der Waals surface area contributed by atoms with Crippen LogP contribution in [0.25, 0.3) is 0 Å². The Balaban J connectivity index is 1.56. The Labute approximate surface area is 164 Å². The van der Waals surface area contributed by atoms with Gasteiger partial charge in [0.05, 0.1) is 0 Å². The summed E-state index contributed by atoms with van der Waals surface area (Å²) in [4.78, 5) is 11.4. The molecule has 3 nitrogen and oxygen atoms in total. The molecular formula is C24H38O3. The van der Waals surface area contributed by atoms with Crippen molar-refractivity contribution in [1.29, 1.82) is 0 Å². The van der Waals surface area contributed by atoms with Crippen LogP contribution in [0.5, 0.6) is 0 Å². The fraction of sp³-hybridized carbons (Fsp3) is 0.875. The average molecular weight is 375 g/mol. The molecule has 0 aromatic rings. The predicted octanol–water partition coefficient (Wildman–Crippen LogP) is 5.13. The van der Waals surface area contributed by atoms with Crippen LogP contribution in [0, 0.1) is 40.4 Å². The van der Waals surface area contributed by atoms with Crippen molar-refractivity contribution < 1.29 is 14.6 Å². The van der Waals surface area contributed by atoms with Gasteiger partial charge >= 0.3 is 5.97 Å². The zero-order valence-electron chi connectivity index (χ0n) is 17.7. The van der Waals surface area contributed by atoms with Gasteiger partial charge in [-0.1, -0.05) is 32.4 Å². The summed E-state index contributed by atoms with van der Waals surface area (Å²) in [7, 11) is 0. The first-order chi connectivity index (χ1) is 12.8. The number of allylic oxidation sites excluding steroid dienone is 1. The lowest BCUT2D eigenvalue weighted by Gasteiger charge is -2.58. The van der Waals surface area contributed by atoms with E-state index in [-0.39, 0.29) is 12.1 Å². The van der Waals surface area contributed by atoms with Crippen LogP contribution >= 0.6 is 0 Å². The summed E-state index contributed by atoms with van der Waals surface area (Å²) in [5.41, 5.74) is 2.30. The second-order valence-corrected chi connectivity index (χ2v) is 10.6. The summed E-state index contributed by atoms with van der Waals surface area (Å²) < 4.78 is 5.56. The summed E-state index contributed by atoms with van der Waals surface area (Å²) in [6, 6.07) is 0.